The number of carbonyl (C=O) groups excluding carboxylic acids is 1. The van der Waals surface area contributed by atoms with E-state index in [1.165, 1.54) is 4.40 Å². The summed E-state index contributed by atoms with van der Waals surface area (Å²) < 4.78 is 1.39. The summed E-state index contributed by atoms with van der Waals surface area (Å²) in [6, 6.07) is 0. The average Bonchev–Trinajstić information content (AvgIpc) is 1.38. The number of carbonyl (C=O) groups is 1. The van der Waals surface area contributed by atoms with Crippen molar-refractivity contribution in [2.24, 2.45) is 5.73 Å². The van der Waals surface area contributed by atoms with Crippen LogP contribution in [-0.2, 0) is 24.1 Å². The maximum absolute atomic E-state index is 9.56. The number of primary amides is 1. The second kappa shape index (κ2) is 2.28. The van der Waals surface area contributed by atoms with Crippen molar-refractivity contribution < 1.29 is 24.1 Å². The normalized spacial score (nSPS) is 6.40. The topological polar surface area (TPSA) is 43.1 Å². The fourth-order valence-corrected chi connectivity index (χ4v) is 0. The number of hydrogen-bond acceptors (Lipinski definition) is 1. The molecule has 0 heterocycles. The van der Waals surface area contributed by atoms with Crippen LogP contribution in [0, 0.1) is 0 Å². The van der Waals surface area contributed by atoms with Crippen molar-refractivity contribution in [2.45, 2.75) is 0 Å². The molecule has 0 radical (unpaired) electrons. The molecule has 0 fully saturated rings. The van der Waals surface area contributed by atoms with Gasteiger partial charge in [0.25, 0.3) is 0 Å². The number of hydrogen-bond donors (Lipinski definition) is 1. The molecule has 0 spiro atoms. The van der Waals surface area contributed by atoms with Gasteiger partial charge in [0.15, 0.2) is 0 Å². The van der Waals surface area contributed by atoms with Gasteiger partial charge >= 0.3 is 40.2 Å². The molecule has 0 aliphatic heterocycles. The molecule has 28 valence electrons. The predicted molar refractivity (Wildman–Crippen MR) is 15.3 cm³/mol. The Morgan fingerprint density at radius 1 is 2.00 bits per heavy atom. The van der Waals surface area contributed by atoms with E-state index in [2.05, 4.69) is 5.73 Å². The van der Waals surface area contributed by atoms with Crippen molar-refractivity contribution >= 4 is 10.3 Å². The Bertz CT molecular complexity index is 60.7. The first-order valence-corrected chi connectivity index (χ1v) is 2.71. The van der Waals surface area contributed by atoms with Crippen LogP contribution in [0.1, 0.15) is 0 Å². The quantitative estimate of drug-likeness (QED) is 0.616. The summed E-state index contributed by atoms with van der Waals surface area (Å²) in [5, 5.41) is 0. The Kier molecular flexibility index (Phi) is 2.29. The third-order valence-electron chi connectivity index (χ3n) is 0.116. The van der Waals surface area contributed by atoms with Gasteiger partial charge in [0, 0.05) is 0 Å². The molecule has 0 bridgehead atoms. The van der Waals surface area contributed by atoms with E-state index in [-0.39, 0.29) is 5.91 Å². The molecule has 3 heteroatoms. The molecule has 0 aliphatic rings. The predicted octanol–water partition coefficient (Wildman–Crippen LogP) is -1.18. The summed E-state index contributed by atoms with van der Waals surface area (Å²) in [5.74, 6) is -0.333. The van der Waals surface area contributed by atoms with Crippen LogP contribution in [0.25, 0.3) is 0 Å². The Morgan fingerprint density at radius 3 is 2.20 bits per heavy atom. The molecule has 2 N–H and O–H groups in total. The number of amides is 1. The first-order valence-electron chi connectivity index (χ1n) is 1.02. The third-order valence-corrected chi connectivity index (χ3v) is 0.951. The van der Waals surface area contributed by atoms with E-state index in [0.29, 0.717) is 0 Å². The molecule has 0 atom stereocenters. The Hall–Kier alpha value is 0.0283. The number of rotatable bonds is 1. The molecule has 5 heavy (non-hydrogen) atoms. The van der Waals surface area contributed by atoms with Gasteiger partial charge in [-0.2, -0.15) is 0 Å². The van der Waals surface area contributed by atoms with Crippen molar-refractivity contribution in [1.29, 1.82) is 0 Å². The molecule has 0 aromatic heterocycles. The number of nitrogens with two attached hydrogens (primary N) is 1. The molecule has 0 rings (SSSR count). The van der Waals surface area contributed by atoms with Gasteiger partial charge in [-0.15, -0.1) is 0 Å². The van der Waals surface area contributed by atoms with Crippen LogP contribution >= 0.6 is 0 Å². The van der Waals surface area contributed by atoms with Crippen LogP contribution in [-0.4, -0.2) is 10.3 Å². The molecule has 0 unspecified atom stereocenters. The van der Waals surface area contributed by atoms with E-state index >= 15 is 0 Å². The summed E-state index contributed by atoms with van der Waals surface area (Å²) in [4.78, 5) is 9.56. The summed E-state index contributed by atoms with van der Waals surface area (Å²) >= 11 is 1.10. The molecule has 0 aromatic rings. The van der Waals surface area contributed by atoms with Gasteiger partial charge in [0.2, 0.25) is 0 Å². The molecule has 0 aromatic carbocycles. The van der Waals surface area contributed by atoms with Crippen LogP contribution < -0.4 is 5.73 Å². The zero-order valence-electron chi connectivity index (χ0n) is 2.47. The Balaban J connectivity index is 3.20. The van der Waals surface area contributed by atoms with Gasteiger partial charge in [-0.1, -0.05) is 0 Å². The van der Waals surface area contributed by atoms with Gasteiger partial charge < -0.3 is 0 Å². The van der Waals surface area contributed by atoms with Gasteiger partial charge in [-0.3, -0.25) is 0 Å². The van der Waals surface area contributed by atoms with Crippen molar-refractivity contribution in [3.05, 3.63) is 0 Å². The molecule has 0 saturated heterocycles. The fraction of sp³-hybridized carbons (Fsp3) is 0. The van der Waals surface area contributed by atoms with Crippen LogP contribution in [0.15, 0.2) is 0 Å². The van der Waals surface area contributed by atoms with E-state index in [9.17, 15) is 4.79 Å². The minimum atomic E-state index is -0.333. The molecular weight excluding hydrogens is 238 g/mol. The van der Waals surface area contributed by atoms with E-state index in [1.54, 1.807) is 0 Å². The molecule has 0 aliphatic carbocycles. The first kappa shape index (κ1) is 5.03. The minimum absolute atomic E-state index is 0.333. The zero-order valence-corrected chi connectivity index (χ0v) is 5.40. The zero-order chi connectivity index (χ0) is 4.28. The fourth-order valence-electron chi connectivity index (χ4n) is 0. The van der Waals surface area contributed by atoms with Gasteiger partial charge in [-0.25, -0.2) is 0 Å². The van der Waals surface area contributed by atoms with E-state index in [0.717, 1.165) is 19.4 Å². The van der Waals surface area contributed by atoms with Gasteiger partial charge in [-0.05, 0) is 0 Å². The van der Waals surface area contributed by atoms with E-state index in [1.807, 2.05) is 0 Å². The first-order chi connectivity index (χ1) is 2.27. The SMILES string of the molecule is NC(=O)[CH]=[W]. The molecule has 0 saturated carbocycles. The van der Waals surface area contributed by atoms with Crippen molar-refractivity contribution in [3.8, 4) is 0 Å². The second-order valence-corrected chi connectivity index (χ2v) is 1.37. The van der Waals surface area contributed by atoms with Gasteiger partial charge in [0.05, 0.1) is 0 Å². The van der Waals surface area contributed by atoms with Crippen molar-refractivity contribution in [1.82, 2.24) is 0 Å². The van der Waals surface area contributed by atoms with E-state index in [4.69, 9.17) is 0 Å². The average molecular weight is 241 g/mol. The molecule has 2 nitrogen and oxygen atoms in total. The summed E-state index contributed by atoms with van der Waals surface area (Å²) in [5.41, 5.74) is 4.62. The van der Waals surface area contributed by atoms with Crippen LogP contribution in [0.3, 0.4) is 0 Å². The van der Waals surface area contributed by atoms with Crippen LogP contribution in [0.5, 0.6) is 0 Å². The van der Waals surface area contributed by atoms with Crippen molar-refractivity contribution in [3.63, 3.8) is 0 Å². The Morgan fingerprint density at radius 2 is 2.20 bits per heavy atom. The molecular formula is C2H3NOW. The molecule has 1 amide bonds. The van der Waals surface area contributed by atoms with Crippen LogP contribution in [0.4, 0.5) is 0 Å². The van der Waals surface area contributed by atoms with E-state index < -0.39 is 0 Å². The van der Waals surface area contributed by atoms with Gasteiger partial charge in [0.1, 0.15) is 0 Å². The monoisotopic (exact) mass is 241 g/mol. The van der Waals surface area contributed by atoms with Crippen molar-refractivity contribution in [2.75, 3.05) is 0 Å². The van der Waals surface area contributed by atoms with Crippen LogP contribution in [0.2, 0.25) is 0 Å². The summed E-state index contributed by atoms with van der Waals surface area (Å²) in [6.45, 7) is 0. The second-order valence-electron chi connectivity index (χ2n) is 0.520. The third kappa shape index (κ3) is 4.03. The Labute approximate surface area is 40.8 Å². The maximum atomic E-state index is 9.56. The summed E-state index contributed by atoms with van der Waals surface area (Å²) in [6.07, 6.45) is 0. The standard InChI is InChI=1S/C2H3NO.W/c1-2(3)4;/h1H,(H2,3,4);. The summed E-state index contributed by atoms with van der Waals surface area (Å²) in [7, 11) is 0.